The van der Waals surface area contributed by atoms with Crippen molar-refractivity contribution in [2.24, 2.45) is 5.73 Å². The molecule has 3 rings (SSSR count). The number of nitrogens with zero attached hydrogens (tertiary/aromatic N) is 2. The third-order valence-corrected chi connectivity index (χ3v) is 4.85. The van der Waals surface area contributed by atoms with Crippen LogP contribution in [0.4, 0.5) is 13.2 Å². The van der Waals surface area contributed by atoms with E-state index in [1.165, 1.54) is 6.07 Å². The lowest BCUT2D eigenvalue weighted by Crippen LogP contribution is -2.31. The van der Waals surface area contributed by atoms with Crippen LogP contribution in [-0.2, 0) is 11.6 Å². The van der Waals surface area contributed by atoms with Gasteiger partial charge in [0.1, 0.15) is 0 Å². The standard InChI is InChI=1S/C18H19F3N4/c1-3-17(2,10-22)12-6-11(7-13(8-12)18(19,20)21)14-4-5-23-16-15(14)9-24-25-16/h4-9H,3,10,22H2,1-2H3,(H,23,24,25). The summed E-state index contributed by atoms with van der Waals surface area (Å²) in [6.45, 7) is 4.07. The SMILES string of the molecule is CCC(C)(CN)c1cc(-c2ccnc3[nH]ncc23)cc(C(F)(F)F)c1. The monoisotopic (exact) mass is 348 g/mol. The average molecular weight is 348 g/mol. The molecule has 1 unspecified atom stereocenters. The van der Waals surface area contributed by atoms with Gasteiger partial charge in [-0.25, -0.2) is 4.98 Å². The molecule has 0 bridgehead atoms. The molecule has 1 atom stereocenters. The molecule has 132 valence electrons. The Balaban J connectivity index is 2.28. The third kappa shape index (κ3) is 3.11. The van der Waals surface area contributed by atoms with Gasteiger partial charge < -0.3 is 5.73 Å². The Labute approximate surface area is 143 Å². The topological polar surface area (TPSA) is 67.6 Å². The van der Waals surface area contributed by atoms with Crippen molar-refractivity contribution in [2.75, 3.05) is 6.54 Å². The van der Waals surface area contributed by atoms with E-state index in [-0.39, 0.29) is 6.54 Å². The Morgan fingerprint density at radius 3 is 2.52 bits per heavy atom. The lowest BCUT2D eigenvalue weighted by atomic mass is 9.78. The van der Waals surface area contributed by atoms with Crippen LogP contribution in [0.15, 0.2) is 36.7 Å². The normalized spacial score (nSPS) is 14.6. The first-order chi connectivity index (χ1) is 11.8. The number of pyridine rings is 1. The van der Waals surface area contributed by atoms with E-state index in [0.717, 1.165) is 6.07 Å². The number of nitrogens with one attached hydrogen (secondary N) is 1. The summed E-state index contributed by atoms with van der Waals surface area (Å²) >= 11 is 0. The summed E-state index contributed by atoms with van der Waals surface area (Å²) in [6, 6.07) is 5.85. The number of aromatic nitrogens is 3. The first-order valence-corrected chi connectivity index (χ1v) is 8.00. The maximum atomic E-state index is 13.5. The van der Waals surface area contributed by atoms with E-state index in [9.17, 15) is 13.2 Å². The van der Waals surface area contributed by atoms with Crippen LogP contribution in [0.3, 0.4) is 0 Å². The molecule has 3 aromatic rings. The van der Waals surface area contributed by atoms with Crippen LogP contribution in [0, 0.1) is 0 Å². The van der Waals surface area contributed by atoms with Gasteiger partial charge in [-0.1, -0.05) is 19.9 Å². The van der Waals surface area contributed by atoms with E-state index < -0.39 is 17.2 Å². The second-order valence-corrected chi connectivity index (χ2v) is 6.41. The molecule has 0 aliphatic carbocycles. The van der Waals surface area contributed by atoms with Gasteiger partial charge in [-0.3, -0.25) is 5.10 Å². The number of hydrogen-bond donors (Lipinski definition) is 2. The minimum atomic E-state index is -4.43. The minimum absolute atomic E-state index is 0.266. The number of halogens is 3. The zero-order valence-electron chi connectivity index (χ0n) is 14.0. The molecule has 4 nitrogen and oxygen atoms in total. The smallest absolute Gasteiger partial charge is 0.330 e. The number of fused-ring (bicyclic) bond motifs is 1. The third-order valence-electron chi connectivity index (χ3n) is 4.85. The maximum absolute atomic E-state index is 13.5. The summed E-state index contributed by atoms with van der Waals surface area (Å²) in [6.07, 6.45) is -0.671. The van der Waals surface area contributed by atoms with Crippen LogP contribution in [0.5, 0.6) is 0 Å². The Morgan fingerprint density at radius 1 is 1.16 bits per heavy atom. The number of H-pyrrole nitrogens is 1. The van der Waals surface area contributed by atoms with E-state index in [1.807, 2.05) is 13.8 Å². The average Bonchev–Trinajstić information content (AvgIpc) is 3.08. The quantitative estimate of drug-likeness (QED) is 0.740. The van der Waals surface area contributed by atoms with E-state index in [2.05, 4.69) is 15.2 Å². The van der Waals surface area contributed by atoms with Crippen molar-refractivity contribution < 1.29 is 13.2 Å². The zero-order valence-corrected chi connectivity index (χ0v) is 14.0. The highest BCUT2D eigenvalue weighted by Crippen LogP contribution is 2.38. The van der Waals surface area contributed by atoms with Crippen molar-refractivity contribution in [3.8, 4) is 11.1 Å². The molecule has 25 heavy (non-hydrogen) atoms. The molecule has 0 saturated heterocycles. The van der Waals surface area contributed by atoms with Gasteiger partial charge in [0.2, 0.25) is 0 Å². The Bertz CT molecular complexity index is 895. The van der Waals surface area contributed by atoms with Gasteiger partial charge in [-0.05, 0) is 41.3 Å². The molecule has 7 heteroatoms. The summed E-state index contributed by atoms with van der Waals surface area (Å²) in [5.41, 5.74) is 6.90. The van der Waals surface area contributed by atoms with Crippen molar-refractivity contribution in [3.05, 3.63) is 47.8 Å². The molecule has 0 aliphatic heterocycles. The van der Waals surface area contributed by atoms with Crippen LogP contribution < -0.4 is 5.73 Å². The number of nitrogens with two attached hydrogens (primary N) is 1. The van der Waals surface area contributed by atoms with E-state index in [4.69, 9.17) is 5.73 Å². The van der Waals surface area contributed by atoms with Gasteiger partial charge in [-0.15, -0.1) is 0 Å². The predicted octanol–water partition coefficient (Wildman–Crippen LogP) is 4.27. The summed E-state index contributed by atoms with van der Waals surface area (Å²) in [4.78, 5) is 4.14. The van der Waals surface area contributed by atoms with Gasteiger partial charge >= 0.3 is 6.18 Å². The molecule has 1 aromatic carbocycles. The molecule has 0 spiro atoms. The zero-order chi connectivity index (χ0) is 18.2. The fourth-order valence-corrected chi connectivity index (χ4v) is 2.86. The summed E-state index contributed by atoms with van der Waals surface area (Å²) in [7, 11) is 0. The fraction of sp³-hybridized carbons (Fsp3) is 0.333. The number of alkyl halides is 3. The van der Waals surface area contributed by atoms with Crippen LogP contribution in [0.25, 0.3) is 22.2 Å². The van der Waals surface area contributed by atoms with Gasteiger partial charge in [0.05, 0.1) is 11.8 Å². The van der Waals surface area contributed by atoms with E-state index >= 15 is 0 Å². The first-order valence-electron chi connectivity index (χ1n) is 8.00. The summed E-state index contributed by atoms with van der Waals surface area (Å²) in [5, 5.41) is 7.35. The highest BCUT2D eigenvalue weighted by atomic mass is 19.4. The van der Waals surface area contributed by atoms with Crippen molar-refractivity contribution in [1.29, 1.82) is 0 Å². The molecular weight excluding hydrogens is 329 g/mol. The number of aromatic amines is 1. The second-order valence-electron chi connectivity index (χ2n) is 6.41. The fourth-order valence-electron chi connectivity index (χ4n) is 2.86. The molecule has 2 heterocycles. The number of rotatable bonds is 4. The minimum Gasteiger partial charge on any atom is -0.330 e. The first kappa shape index (κ1) is 17.4. The second kappa shape index (κ2) is 6.15. The van der Waals surface area contributed by atoms with Crippen molar-refractivity contribution in [3.63, 3.8) is 0 Å². The molecule has 3 N–H and O–H groups in total. The highest BCUT2D eigenvalue weighted by molar-refractivity contribution is 5.92. The summed E-state index contributed by atoms with van der Waals surface area (Å²) < 4.78 is 40.4. The van der Waals surface area contributed by atoms with Crippen molar-refractivity contribution in [2.45, 2.75) is 31.9 Å². The van der Waals surface area contributed by atoms with Crippen LogP contribution in [0.2, 0.25) is 0 Å². The van der Waals surface area contributed by atoms with Gasteiger partial charge in [0.25, 0.3) is 0 Å². The number of benzene rings is 1. The van der Waals surface area contributed by atoms with Crippen LogP contribution in [0.1, 0.15) is 31.4 Å². The molecule has 2 aromatic heterocycles. The van der Waals surface area contributed by atoms with Crippen LogP contribution in [-0.4, -0.2) is 21.7 Å². The lowest BCUT2D eigenvalue weighted by molar-refractivity contribution is -0.137. The maximum Gasteiger partial charge on any atom is 0.416 e. The van der Waals surface area contributed by atoms with Gasteiger partial charge in [-0.2, -0.15) is 18.3 Å². The molecular formula is C18H19F3N4. The van der Waals surface area contributed by atoms with Gasteiger partial charge in [0, 0.05) is 23.5 Å². The predicted molar refractivity (Wildman–Crippen MR) is 91.0 cm³/mol. The largest absolute Gasteiger partial charge is 0.416 e. The Kier molecular flexibility index (Phi) is 4.28. The summed E-state index contributed by atoms with van der Waals surface area (Å²) in [5.74, 6) is 0. The van der Waals surface area contributed by atoms with Gasteiger partial charge in [0.15, 0.2) is 5.65 Å². The number of hydrogen-bond acceptors (Lipinski definition) is 3. The Hall–Kier alpha value is -2.41. The molecule has 0 radical (unpaired) electrons. The molecule has 0 aliphatic rings. The van der Waals surface area contributed by atoms with Crippen molar-refractivity contribution in [1.82, 2.24) is 15.2 Å². The van der Waals surface area contributed by atoms with E-state index in [1.54, 1.807) is 24.5 Å². The molecule has 0 amide bonds. The molecule has 0 saturated carbocycles. The lowest BCUT2D eigenvalue weighted by Gasteiger charge is -2.28. The highest BCUT2D eigenvalue weighted by Gasteiger charge is 2.34. The molecule has 0 fully saturated rings. The Morgan fingerprint density at radius 2 is 1.88 bits per heavy atom. The van der Waals surface area contributed by atoms with Crippen LogP contribution >= 0.6 is 0 Å². The van der Waals surface area contributed by atoms with E-state index in [0.29, 0.717) is 34.1 Å². The van der Waals surface area contributed by atoms with Crippen molar-refractivity contribution >= 4 is 11.0 Å².